The molecule has 6 nitrogen and oxygen atoms in total. The third kappa shape index (κ3) is 4.28. The number of phenols is 1. The Morgan fingerprint density at radius 2 is 1.90 bits per heavy atom. The number of ether oxygens (including phenoxy) is 1. The van der Waals surface area contributed by atoms with E-state index in [4.69, 9.17) is 20.8 Å². The zero-order valence-electron chi connectivity index (χ0n) is 18.2. The molecule has 1 aliphatic heterocycles. The molecule has 2 aromatic carbocycles. The van der Waals surface area contributed by atoms with Crippen molar-refractivity contribution in [2.24, 2.45) is 0 Å². The molecule has 4 rings (SSSR count). The second-order valence-corrected chi connectivity index (χ2v) is 8.69. The highest BCUT2D eigenvalue weighted by Crippen LogP contribution is 2.36. The van der Waals surface area contributed by atoms with Crippen molar-refractivity contribution in [3.8, 4) is 5.75 Å². The van der Waals surface area contributed by atoms with Gasteiger partial charge in [-0.3, -0.25) is 9.69 Å². The number of phenolic OH excluding ortho intramolecular Hbond substituents is 1. The van der Waals surface area contributed by atoms with Crippen molar-refractivity contribution < 1.29 is 19.1 Å². The number of aromatic hydroxyl groups is 1. The number of rotatable bonds is 4. The number of aryl methyl sites for hydroxylation is 1. The minimum Gasteiger partial charge on any atom is -0.508 e. The summed E-state index contributed by atoms with van der Waals surface area (Å²) < 4.78 is 11.7. The Morgan fingerprint density at radius 3 is 2.61 bits per heavy atom. The minimum absolute atomic E-state index is 0.102. The molecule has 0 radical (unpaired) electrons. The fourth-order valence-corrected chi connectivity index (χ4v) is 4.54. The quantitative estimate of drug-likeness (QED) is 0.575. The normalized spacial score (nSPS) is 19.6. The number of carbonyl (C=O) groups excluding carboxylic acids is 1. The van der Waals surface area contributed by atoms with Crippen molar-refractivity contribution in [3.63, 3.8) is 0 Å². The summed E-state index contributed by atoms with van der Waals surface area (Å²) in [6.07, 6.45) is 0.203. The number of fused-ring (bicyclic) bond motifs is 1. The van der Waals surface area contributed by atoms with Crippen LogP contribution in [0.25, 0.3) is 11.0 Å². The largest absolute Gasteiger partial charge is 0.508 e. The predicted octanol–water partition coefficient (Wildman–Crippen LogP) is 5.27. The first kappa shape index (κ1) is 21.7. The summed E-state index contributed by atoms with van der Waals surface area (Å²) in [5, 5.41) is 14.9. The van der Waals surface area contributed by atoms with Crippen molar-refractivity contribution in [2.75, 3.05) is 18.4 Å². The molecule has 0 bridgehead atoms. The van der Waals surface area contributed by atoms with Crippen LogP contribution in [0, 0.1) is 13.8 Å². The molecule has 1 fully saturated rings. The predicted molar refractivity (Wildman–Crippen MR) is 122 cm³/mol. The SMILES string of the molecule is Cc1oc2ccc(O)c(CN3C[C@@H](C)O[C@H](C)C3)c2c1C(=O)Nc1cccc(Cl)c1C. The van der Waals surface area contributed by atoms with Crippen LogP contribution in [0.3, 0.4) is 0 Å². The fourth-order valence-electron chi connectivity index (χ4n) is 4.36. The lowest BCUT2D eigenvalue weighted by Crippen LogP contribution is -2.44. The van der Waals surface area contributed by atoms with Crippen LogP contribution in [-0.2, 0) is 11.3 Å². The van der Waals surface area contributed by atoms with E-state index in [-0.39, 0.29) is 23.9 Å². The van der Waals surface area contributed by atoms with Gasteiger partial charge in [0.05, 0.1) is 17.8 Å². The van der Waals surface area contributed by atoms with Gasteiger partial charge in [0.15, 0.2) is 0 Å². The lowest BCUT2D eigenvalue weighted by atomic mass is 10.0. The van der Waals surface area contributed by atoms with Gasteiger partial charge in [-0.15, -0.1) is 0 Å². The first-order valence-corrected chi connectivity index (χ1v) is 10.8. The Hall–Kier alpha value is -2.54. The molecular weight excluding hydrogens is 416 g/mol. The second kappa shape index (κ2) is 8.54. The Labute approximate surface area is 186 Å². The number of nitrogens with zero attached hydrogens (tertiary/aromatic N) is 1. The zero-order chi connectivity index (χ0) is 22.3. The number of hydrogen-bond acceptors (Lipinski definition) is 5. The number of nitrogens with one attached hydrogen (secondary N) is 1. The number of anilines is 1. The molecule has 7 heteroatoms. The molecule has 1 saturated heterocycles. The van der Waals surface area contributed by atoms with Gasteiger partial charge in [-0.25, -0.2) is 0 Å². The maximum atomic E-state index is 13.3. The molecular formula is C24H27ClN2O4. The number of hydrogen-bond donors (Lipinski definition) is 2. The van der Waals surface area contributed by atoms with E-state index in [0.717, 1.165) is 18.7 Å². The van der Waals surface area contributed by atoms with Crippen molar-refractivity contribution in [1.29, 1.82) is 0 Å². The van der Waals surface area contributed by atoms with Crippen molar-refractivity contribution in [2.45, 2.75) is 46.4 Å². The van der Waals surface area contributed by atoms with Crippen LogP contribution in [0.1, 0.15) is 41.1 Å². The lowest BCUT2D eigenvalue weighted by molar-refractivity contribution is -0.0705. The van der Waals surface area contributed by atoms with Gasteiger partial charge in [0.1, 0.15) is 17.1 Å². The number of benzene rings is 2. The molecule has 164 valence electrons. The summed E-state index contributed by atoms with van der Waals surface area (Å²) in [6.45, 7) is 9.70. The highest BCUT2D eigenvalue weighted by Gasteiger charge is 2.27. The lowest BCUT2D eigenvalue weighted by Gasteiger charge is -2.35. The number of furan rings is 1. The topological polar surface area (TPSA) is 74.9 Å². The number of halogens is 1. The van der Waals surface area contributed by atoms with E-state index in [1.807, 2.05) is 26.8 Å². The number of morpholine rings is 1. The number of amides is 1. The molecule has 2 heterocycles. The summed E-state index contributed by atoms with van der Waals surface area (Å²) in [6, 6.07) is 8.71. The summed E-state index contributed by atoms with van der Waals surface area (Å²) >= 11 is 6.21. The van der Waals surface area contributed by atoms with Crippen molar-refractivity contribution in [3.05, 3.63) is 57.8 Å². The molecule has 0 spiro atoms. The van der Waals surface area contributed by atoms with Crippen LogP contribution in [0.5, 0.6) is 5.75 Å². The van der Waals surface area contributed by atoms with Crippen LogP contribution in [-0.4, -0.2) is 41.2 Å². The van der Waals surface area contributed by atoms with E-state index in [1.54, 1.807) is 31.2 Å². The van der Waals surface area contributed by atoms with Gasteiger partial charge in [-0.1, -0.05) is 17.7 Å². The van der Waals surface area contributed by atoms with Gasteiger partial charge in [-0.05, 0) is 57.5 Å². The molecule has 0 saturated carbocycles. The van der Waals surface area contributed by atoms with Crippen molar-refractivity contribution in [1.82, 2.24) is 4.90 Å². The van der Waals surface area contributed by atoms with Crippen molar-refractivity contribution >= 4 is 34.2 Å². The van der Waals surface area contributed by atoms with E-state index in [2.05, 4.69) is 10.2 Å². The highest BCUT2D eigenvalue weighted by atomic mass is 35.5. The van der Waals surface area contributed by atoms with Gasteiger partial charge >= 0.3 is 0 Å². The van der Waals surface area contributed by atoms with E-state index >= 15 is 0 Å². The van der Waals surface area contributed by atoms with E-state index in [1.165, 1.54) is 0 Å². The van der Waals surface area contributed by atoms with Gasteiger partial charge in [0.25, 0.3) is 5.91 Å². The fraction of sp³-hybridized carbons (Fsp3) is 0.375. The third-order valence-electron chi connectivity index (χ3n) is 5.73. The van der Waals surface area contributed by atoms with Gasteiger partial charge < -0.3 is 19.6 Å². The molecule has 2 N–H and O–H groups in total. The molecule has 0 aliphatic carbocycles. The maximum absolute atomic E-state index is 13.3. The van der Waals surface area contributed by atoms with Gasteiger partial charge in [0, 0.05) is 41.3 Å². The first-order valence-electron chi connectivity index (χ1n) is 10.4. The third-order valence-corrected chi connectivity index (χ3v) is 6.14. The van der Waals surface area contributed by atoms with Crippen LogP contribution >= 0.6 is 11.6 Å². The number of carbonyl (C=O) groups is 1. The van der Waals surface area contributed by atoms with Crippen LogP contribution in [0.15, 0.2) is 34.7 Å². The summed E-state index contributed by atoms with van der Waals surface area (Å²) in [7, 11) is 0. The summed E-state index contributed by atoms with van der Waals surface area (Å²) in [5.74, 6) is 0.355. The van der Waals surface area contributed by atoms with Gasteiger partial charge in [0.2, 0.25) is 0 Å². The van der Waals surface area contributed by atoms with E-state index in [9.17, 15) is 9.90 Å². The van der Waals surface area contributed by atoms with Gasteiger partial charge in [-0.2, -0.15) is 0 Å². The maximum Gasteiger partial charge on any atom is 0.259 e. The Balaban J connectivity index is 1.74. The van der Waals surface area contributed by atoms with E-state index < -0.39 is 0 Å². The second-order valence-electron chi connectivity index (χ2n) is 8.29. The summed E-state index contributed by atoms with van der Waals surface area (Å²) in [5.41, 5.74) is 3.12. The Bertz CT molecular complexity index is 1130. The highest BCUT2D eigenvalue weighted by molar-refractivity contribution is 6.31. The molecule has 31 heavy (non-hydrogen) atoms. The molecule has 1 amide bonds. The van der Waals surface area contributed by atoms with Crippen LogP contribution < -0.4 is 5.32 Å². The minimum atomic E-state index is -0.294. The smallest absolute Gasteiger partial charge is 0.259 e. The van der Waals surface area contributed by atoms with Crippen LogP contribution in [0.2, 0.25) is 5.02 Å². The Kier molecular flexibility index (Phi) is 5.97. The average molecular weight is 443 g/mol. The van der Waals surface area contributed by atoms with E-state index in [0.29, 0.717) is 45.1 Å². The first-order chi connectivity index (χ1) is 14.7. The molecule has 1 aliphatic rings. The average Bonchev–Trinajstić information content (AvgIpc) is 3.03. The Morgan fingerprint density at radius 1 is 1.19 bits per heavy atom. The molecule has 3 aromatic rings. The molecule has 0 unspecified atom stereocenters. The summed E-state index contributed by atoms with van der Waals surface area (Å²) in [4.78, 5) is 15.5. The monoisotopic (exact) mass is 442 g/mol. The standard InChI is InChI=1S/C24H27ClN2O4/c1-13-10-27(11-14(2)30-13)12-17-20(28)8-9-21-23(17)22(16(4)31-21)24(29)26-19-7-5-6-18(25)15(19)3/h5-9,13-14,28H,10-12H2,1-4H3,(H,26,29)/t13-,14-/m1/s1. The molecule has 1 aromatic heterocycles. The van der Waals surface area contributed by atoms with Crippen LogP contribution in [0.4, 0.5) is 5.69 Å². The molecule has 2 atom stereocenters. The zero-order valence-corrected chi connectivity index (χ0v) is 18.9.